The van der Waals surface area contributed by atoms with Crippen molar-refractivity contribution in [2.24, 2.45) is 0 Å². The van der Waals surface area contributed by atoms with E-state index < -0.39 is 10.0 Å². The summed E-state index contributed by atoms with van der Waals surface area (Å²) in [5.74, 6) is -0.115. The summed E-state index contributed by atoms with van der Waals surface area (Å²) in [4.78, 5) is 28.1. The summed E-state index contributed by atoms with van der Waals surface area (Å²) in [6.07, 6.45) is 3.99. The number of anilines is 1. The lowest BCUT2D eigenvalue weighted by Gasteiger charge is -2.22. The molecule has 3 aromatic rings. The standard InChI is InChI=1S/C31H36N2O5S/c1-31(2,3)24-14-12-22(13-15-24)29(34)23-10-9-11-25(20-23)32-39(36,37)26-16-17-28(38-4)27(21-26)30(35)33-18-7-5-6-8-19-33/h9-17,20-21,32H,5-8,18-19H2,1-4H3. The molecule has 206 valence electrons. The molecule has 7 nitrogen and oxygen atoms in total. The Hall–Kier alpha value is -3.65. The number of carbonyl (C=O) groups is 2. The number of methoxy groups -OCH3 is 1. The van der Waals surface area contributed by atoms with Gasteiger partial charge < -0.3 is 9.64 Å². The number of amides is 1. The first-order valence-corrected chi connectivity index (χ1v) is 14.7. The van der Waals surface area contributed by atoms with Gasteiger partial charge in [0.25, 0.3) is 15.9 Å². The minimum Gasteiger partial charge on any atom is -0.496 e. The molecule has 3 aromatic carbocycles. The van der Waals surface area contributed by atoms with Crippen LogP contribution in [0.5, 0.6) is 5.75 Å². The molecular weight excluding hydrogens is 512 g/mol. The summed E-state index contributed by atoms with van der Waals surface area (Å²) in [5, 5.41) is 0. The number of benzene rings is 3. The second-order valence-corrected chi connectivity index (χ2v) is 12.6. The Morgan fingerprint density at radius 1 is 0.846 bits per heavy atom. The van der Waals surface area contributed by atoms with Gasteiger partial charge in [0.2, 0.25) is 0 Å². The van der Waals surface area contributed by atoms with Gasteiger partial charge in [-0.15, -0.1) is 0 Å². The van der Waals surface area contributed by atoms with Gasteiger partial charge in [-0.3, -0.25) is 14.3 Å². The first-order valence-electron chi connectivity index (χ1n) is 13.2. The molecule has 0 unspecified atom stereocenters. The van der Waals surface area contributed by atoms with Gasteiger partial charge in [0.15, 0.2) is 5.78 Å². The molecule has 0 saturated carbocycles. The molecule has 0 radical (unpaired) electrons. The number of nitrogens with zero attached hydrogens (tertiary/aromatic N) is 1. The van der Waals surface area contributed by atoms with Gasteiger partial charge in [-0.05, 0) is 54.2 Å². The van der Waals surface area contributed by atoms with Gasteiger partial charge in [-0.1, -0.05) is 70.0 Å². The zero-order valence-corrected chi connectivity index (χ0v) is 23.8. The lowest BCUT2D eigenvalue weighted by molar-refractivity contribution is 0.0757. The summed E-state index contributed by atoms with van der Waals surface area (Å²) in [6, 6.07) is 18.1. The molecule has 0 spiro atoms. The molecule has 0 atom stereocenters. The van der Waals surface area contributed by atoms with Crippen LogP contribution in [0.3, 0.4) is 0 Å². The van der Waals surface area contributed by atoms with Crippen molar-refractivity contribution in [1.82, 2.24) is 4.90 Å². The van der Waals surface area contributed by atoms with E-state index >= 15 is 0 Å². The van der Waals surface area contributed by atoms with Crippen LogP contribution < -0.4 is 9.46 Å². The molecular formula is C31H36N2O5S. The first kappa shape index (κ1) is 28.4. The Kier molecular flexibility index (Phi) is 8.45. The highest BCUT2D eigenvalue weighted by Gasteiger charge is 2.24. The Labute approximate surface area is 231 Å². The summed E-state index contributed by atoms with van der Waals surface area (Å²) in [7, 11) is -2.59. The molecule has 0 aromatic heterocycles. The van der Waals surface area contributed by atoms with Crippen LogP contribution in [0.4, 0.5) is 5.69 Å². The summed E-state index contributed by atoms with van der Waals surface area (Å²) < 4.78 is 34.6. The van der Waals surface area contributed by atoms with E-state index in [0.29, 0.717) is 30.0 Å². The van der Waals surface area contributed by atoms with Gasteiger partial charge in [0.1, 0.15) is 5.75 Å². The fraction of sp³-hybridized carbons (Fsp3) is 0.355. The molecule has 1 N–H and O–H groups in total. The smallest absolute Gasteiger partial charge is 0.261 e. The molecule has 1 amide bonds. The summed E-state index contributed by atoms with van der Waals surface area (Å²) in [5.41, 5.74) is 2.45. The maximum atomic E-state index is 13.3. The lowest BCUT2D eigenvalue weighted by atomic mass is 9.86. The highest BCUT2D eigenvalue weighted by atomic mass is 32.2. The van der Waals surface area contributed by atoms with Crippen LogP contribution in [0.15, 0.2) is 71.6 Å². The van der Waals surface area contributed by atoms with Crippen LogP contribution in [-0.2, 0) is 15.4 Å². The van der Waals surface area contributed by atoms with E-state index in [1.807, 2.05) is 12.1 Å². The van der Waals surface area contributed by atoms with Gasteiger partial charge >= 0.3 is 0 Å². The van der Waals surface area contributed by atoms with Gasteiger partial charge in [0.05, 0.1) is 17.6 Å². The van der Waals surface area contributed by atoms with Crippen LogP contribution >= 0.6 is 0 Å². The molecule has 8 heteroatoms. The van der Waals surface area contributed by atoms with E-state index in [2.05, 4.69) is 25.5 Å². The molecule has 1 heterocycles. The van der Waals surface area contributed by atoms with Crippen LogP contribution in [0, 0.1) is 0 Å². The third kappa shape index (κ3) is 6.68. The van der Waals surface area contributed by atoms with E-state index in [1.54, 1.807) is 35.2 Å². The van der Waals surface area contributed by atoms with Crippen LogP contribution in [-0.4, -0.2) is 45.2 Å². The second kappa shape index (κ2) is 11.6. The average molecular weight is 549 g/mol. The van der Waals surface area contributed by atoms with E-state index in [-0.39, 0.29) is 33.3 Å². The topological polar surface area (TPSA) is 92.8 Å². The number of ketones is 1. The van der Waals surface area contributed by atoms with Crippen molar-refractivity contribution in [2.45, 2.75) is 56.8 Å². The van der Waals surface area contributed by atoms with Crippen LogP contribution in [0.25, 0.3) is 0 Å². The fourth-order valence-electron chi connectivity index (χ4n) is 4.69. The molecule has 0 bridgehead atoms. The van der Waals surface area contributed by atoms with E-state index in [4.69, 9.17) is 4.74 Å². The van der Waals surface area contributed by atoms with Crippen LogP contribution in [0.2, 0.25) is 0 Å². The lowest BCUT2D eigenvalue weighted by Crippen LogP contribution is -2.32. The van der Waals surface area contributed by atoms with Crippen molar-refractivity contribution in [1.29, 1.82) is 0 Å². The summed E-state index contributed by atoms with van der Waals surface area (Å²) in [6.45, 7) is 7.59. The third-order valence-electron chi connectivity index (χ3n) is 7.00. The van der Waals surface area contributed by atoms with Crippen molar-refractivity contribution in [2.75, 3.05) is 24.9 Å². The molecule has 1 saturated heterocycles. The number of nitrogens with one attached hydrogen (secondary N) is 1. The van der Waals surface area contributed by atoms with Crippen molar-refractivity contribution in [3.05, 3.63) is 89.0 Å². The molecule has 39 heavy (non-hydrogen) atoms. The highest BCUT2D eigenvalue weighted by molar-refractivity contribution is 7.92. The highest BCUT2D eigenvalue weighted by Crippen LogP contribution is 2.27. The van der Waals surface area contributed by atoms with Crippen molar-refractivity contribution in [3.8, 4) is 5.75 Å². The van der Waals surface area contributed by atoms with Gasteiger partial charge in [0, 0.05) is 29.9 Å². The van der Waals surface area contributed by atoms with Crippen molar-refractivity contribution >= 4 is 27.4 Å². The normalized spacial score (nSPS) is 14.4. The number of hydrogen-bond donors (Lipinski definition) is 1. The Bertz CT molecular complexity index is 1450. The number of carbonyl (C=O) groups excluding carboxylic acids is 2. The molecule has 1 fully saturated rings. The molecule has 4 rings (SSSR count). The fourth-order valence-corrected chi connectivity index (χ4v) is 5.77. The molecule has 0 aliphatic carbocycles. The minimum absolute atomic E-state index is 0.0290. The number of ether oxygens (including phenoxy) is 1. The number of sulfonamides is 1. The first-order chi connectivity index (χ1) is 18.5. The molecule has 1 aliphatic heterocycles. The predicted molar refractivity (Wildman–Crippen MR) is 153 cm³/mol. The zero-order valence-electron chi connectivity index (χ0n) is 23.0. The average Bonchev–Trinajstić information content (AvgIpc) is 3.21. The monoisotopic (exact) mass is 548 g/mol. The quantitative estimate of drug-likeness (QED) is 0.363. The predicted octanol–water partition coefficient (Wildman–Crippen LogP) is 6.04. The largest absolute Gasteiger partial charge is 0.496 e. The summed E-state index contributed by atoms with van der Waals surface area (Å²) >= 11 is 0. The zero-order chi connectivity index (χ0) is 28.2. The third-order valence-corrected chi connectivity index (χ3v) is 8.37. The van der Waals surface area contributed by atoms with Gasteiger partial charge in [-0.2, -0.15) is 0 Å². The maximum Gasteiger partial charge on any atom is 0.261 e. The Morgan fingerprint density at radius 2 is 1.51 bits per heavy atom. The Morgan fingerprint density at radius 3 is 2.13 bits per heavy atom. The number of rotatable bonds is 7. The SMILES string of the molecule is COc1ccc(S(=O)(=O)Nc2cccc(C(=O)c3ccc(C(C)(C)C)cc3)c2)cc1C(=O)N1CCCCCC1. The van der Waals surface area contributed by atoms with Crippen LogP contribution in [0.1, 0.15) is 78.3 Å². The van der Waals surface area contributed by atoms with Gasteiger partial charge in [-0.25, -0.2) is 8.42 Å². The Balaban J connectivity index is 1.57. The van der Waals surface area contributed by atoms with E-state index in [0.717, 1.165) is 31.2 Å². The number of hydrogen-bond acceptors (Lipinski definition) is 5. The molecule has 1 aliphatic rings. The van der Waals surface area contributed by atoms with E-state index in [1.165, 1.54) is 31.4 Å². The van der Waals surface area contributed by atoms with Crippen molar-refractivity contribution in [3.63, 3.8) is 0 Å². The maximum absolute atomic E-state index is 13.3. The van der Waals surface area contributed by atoms with E-state index in [9.17, 15) is 18.0 Å². The van der Waals surface area contributed by atoms with Crippen molar-refractivity contribution < 1.29 is 22.7 Å². The minimum atomic E-state index is -4.05. The second-order valence-electron chi connectivity index (χ2n) is 10.9. The number of likely N-dealkylation sites (tertiary alicyclic amines) is 1.